The Hall–Kier alpha value is -3.35. The number of benzene rings is 2. The van der Waals surface area contributed by atoms with Crippen molar-refractivity contribution in [3.8, 4) is 5.75 Å². The second kappa shape index (κ2) is 9.38. The van der Waals surface area contributed by atoms with Gasteiger partial charge >= 0.3 is 5.97 Å². The molecule has 0 spiro atoms. The first-order valence-electron chi connectivity index (χ1n) is 8.47. The fraction of sp³-hybridized carbons (Fsp3) is 0.250. The summed E-state index contributed by atoms with van der Waals surface area (Å²) in [4.78, 5) is 22.6. The molecule has 7 nitrogen and oxygen atoms in total. The summed E-state index contributed by atoms with van der Waals surface area (Å²) < 4.78 is 5.24. The number of aryl methyl sites for hydroxylation is 2. The lowest BCUT2D eigenvalue weighted by Gasteiger charge is -2.10. The van der Waals surface area contributed by atoms with E-state index in [1.807, 2.05) is 32.0 Å². The molecular formula is C20H23N3O4. The molecular weight excluding hydrogens is 346 g/mol. The zero-order chi connectivity index (χ0) is 19.8. The molecule has 7 heteroatoms. The Balaban J connectivity index is 1.79. The van der Waals surface area contributed by atoms with Gasteiger partial charge in [-0.1, -0.05) is 6.07 Å². The molecule has 0 aliphatic carbocycles. The Bertz CT molecular complexity index is 832. The number of carboxylic acids is 1. The Morgan fingerprint density at radius 1 is 1.15 bits per heavy atom. The summed E-state index contributed by atoms with van der Waals surface area (Å²) in [7, 11) is 0. The van der Waals surface area contributed by atoms with Crippen LogP contribution in [0, 0.1) is 13.8 Å². The number of amides is 1. The molecule has 0 aromatic heterocycles. The first-order chi connectivity index (χ1) is 12.8. The number of carbonyl (C=O) groups is 2. The van der Waals surface area contributed by atoms with E-state index in [-0.39, 0.29) is 12.5 Å². The van der Waals surface area contributed by atoms with Crippen molar-refractivity contribution in [1.29, 1.82) is 0 Å². The van der Waals surface area contributed by atoms with E-state index in [9.17, 15) is 9.59 Å². The number of hydrogen-bond acceptors (Lipinski definition) is 5. The highest BCUT2D eigenvalue weighted by atomic mass is 16.5. The van der Waals surface area contributed by atoms with Gasteiger partial charge in [-0.15, -0.1) is 0 Å². The van der Waals surface area contributed by atoms with Gasteiger partial charge in [0.2, 0.25) is 0 Å². The minimum absolute atomic E-state index is 0.111. The van der Waals surface area contributed by atoms with Crippen molar-refractivity contribution < 1.29 is 19.4 Å². The zero-order valence-corrected chi connectivity index (χ0v) is 15.5. The highest BCUT2D eigenvalue weighted by Gasteiger charge is 2.11. The lowest BCUT2D eigenvalue weighted by Crippen LogP contribution is -2.25. The molecule has 0 bridgehead atoms. The van der Waals surface area contributed by atoms with Gasteiger partial charge in [0.25, 0.3) is 5.91 Å². The predicted octanol–water partition coefficient (Wildman–Crippen LogP) is 2.72. The van der Waals surface area contributed by atoms with E-state index in [2.05, 4.69) is 15.8 Å². The van der Waals surface area contributed by atoms with Crippen molar-refractivity contribution in [3.63, 3.8) is 0 Å². The molecule has 0 saturated carbocycles. The topological polar surface area (TPSA) is 100 Å². The van der Waals surface area contributed by atoms with E-state index in [1.165, 1.54) is 18.7 Å². The van der Waals surface area contributed by atoms with Crippen LogP contribution in [0.5, 0.6) is 5.75 Å². The Labute approximate surface area is 158 Å². The van der Waals surface area contributed by atoms with Crippen LogP contribution in [-0.4, -0.2) is 35.8 Å². The van der Waals surface area contributed by atoms with E-state index in [0.29, 0.717) is 5.75 Å². The lowest BCUT2D eigenvalue weighted by molar-refractivity contribution is -0.144. The van der Waals surface area contributed by atoms with Crippen LogP contribution in [0.15, 0.2) is 47.6 Å². The summed E-state index contributed by atoms with van der Waals surface area (Å²) in [6.07, 6.45) is 0.576. The number of hydrogen-bond donors (Lipinski definition) is 3. The van der Waals surface area contributed by atoms with Gasteiger partial charge in [-0.3, -0.25) is 4.79 Å². The zero-order valence-electron chi connectivity index (χ0n) is 15.5. The lowest BCUT2D eigenvalue weighted by atomic mass is 10.1. The third-order valence-corrected chi connectivity index (χ3v) is 3.90. The highest BCUT2D eigenvalue weighted by Crippen LogP contribution is 2.14. The summed E-state index contributed by atoms with van der Waals surface area (Å²) in [6, 6.07) is 12.6. The number of carbonyl (C=O) groups excluding carboxylic acids is 1. The van der Waals surface area contributed by atoms with Crippen molar-refractivity contribution in [3.05, 3.63) is 59.2 Å². The second-order valence-electron chi connectivity index (χ2n) is 6.11. The molecule has 3 N–H and O–H groups in total. The van der Waals surface area contributed by atoms with Crippen molar-refractivity contribution in [1.82, 2.24) is 5.43 Å². The Morgan fingerprint density at radius 2 is 1.85 bits per heavy atom. The number of hydrazone groups is 1. The third kappa shape index (κ3) is 6.47. The molecule has 2 aromatic carbocycles. The fourth-order valence-electron chi connectivity index (χ4n) is 2.14. The largest absolute Gasteiger partial charge is 0.479 e. The third-order valence-electron chi connectivity index (χ3n) is 3.90. The Kier molecular flexibility index (Phi) is 6.93. The number of nitrogens with zero attached hydrogens (tertiary/aromatic N) is 1. The summed E-state index contributed by atoms with van der Waals surface area (Å²) in [6.45, 7) is 5.62. The maximum atomic E-state index is 11.8. The van der Waals surface area contributed by atoms with Crippen molar-refractivity contribution in [2.75, 3.05) is 11.9 Å². The molecule has 0 aliphatic heterocycles. The molecule has 0 saturated heterocycles. The van der Waals surface area contributed by atoms with Gasteiger partial charge in [0.15, 0.2) is 6.10 Å². The Morgan fingerprint density at radius 3 is 2.48 bits per heavy atom. The molecule has 0 radical (unpaired) electrons. The molecule has 0 fully saturated rings. The smallest absolute Gasteiger partial charge is 0.344 e. The van der Waals surface area contributed by atoms with Crippen molar-refractivity contribution in [2.45, 2.75) is 26.9 Å². The first kappa shape index (κ1) is 20.0. The van der Waals surface area contributed by atoms with Gasteiger partial charge in [0.05, 0.1) is 12.8 Å². The quantitative estimate of drug-likeness (QED) is 0.491. The van der Waals surface area contributed by atoms with Gasteiger partial charge in [-0.05, 0) is 73.9 Å². The van der Waals surface area contributed by atoms with Crippen LogP contribution in [-0.2, 0) is 9.59 Å². The number of nitrogens with one attached hydrogen (secondary N) is 2. The number of aliphatic carboxylic acids is 1. The molecule has 27 heavy (non-hydrogen) atoms. The van der Waals surface area contributed by atoms with Gasteiger partial charge in [0, 0.05) is 5.69 Å². The summed E-state index contributed by atoms with van der Waals surface area (Å²) in [5.74, 6) is -0.846. The van der Waals surface area contributed by atoms with E-state index >= 15 is 0 Å². The average molecular weight is 369 g/mol. The molecule has 2 rings (SSSR count). The molecule has 1 atom stereocenters. The van der Waals surface area contributed by atoms with Gasteiger partial charge in [-0.2, -0.15) is 5.10 Å². The van der Waals surface area contributed by atoms with Crippen LogP contribution in [0.2, 0.25) is 0 Å². The van der Waals surface area contributed by atoms with Crippen LogP contribution in [0.3, 0.4) is 0 Å². The van der Waals surface area contributed by atoms with Crippen LogP contribution < -0.4 is 15.5 Å². The maximum absolute atomic E-state index is 11.8. The van der Waals surface area contributed by atoms with E-state index in [4.69, 9.17) is 9.84 Å². The second-order valence-corrected chi connectivity index (χ2v) is 6.11. The van der Waals surface area contributed by atoms with Gasteiger partial charge < -0.3 is 15.2 Å². The molecule has 0 aliphatic rings. The predicted molar refractivity (Wildman–Crippen MR) is 104 cm³/mol. The minimum atomic E-state index is -1.03. The van der Waals surface area contributed by atoms with Gasteiger partial charge in [0.1, 0.15) is 5.75 Å². The molecule has 0 heterocycles. The first-order valence-corrected chi connectivity index (χ1v) is 8.47. The highest BCUT2D eigenvalue weighted by molar-refractivity contribution is 5.84. The summed E-state index contributed by atoms with van der Waals surface area (Å²) >= 11 is 0. The number of anilines is 1. The van der Waals surface area contributed by atoms with Crippen molar-refractivity contribution >= 4 is 23.8 Å². The molecule has 2 aromatic rings. The van der Waals surface area contributed by atoms with E-state index in [0.717, 1.165) is 16.8 Å². The monoisotopic (exact) mass is 369 g/mol. The van der Waals surface area contributed by atoms with Gasteiger partial charge in [-0.25, -0.2) is 10.2 Å². The normalized spacial score (nSPS) is 11.8. The maximum Gasteiger partial charge on any atom is 0.344 e. The van der Waals surface area contributed by atoms with E-state index in [1.54, 1.807) is 24.3 Å². The number of ether oxygens (including phenoxy) is 1. The summed E-state index contributed by atoms with van der Waals surface area (Å²) in [5.41, 5.74) is 6.42. The number of rotatable bonds is 8. The van der Waals surface area contributed by atoms with Crippen molar-refractivity contribution in [2.24, 2.45) is 5.10 Å². The van der Waals surface area contributed by atoms with Crippen LogP contribution in [0.4, 0.5) is 5.69 Å². The fourth-order valence-corrected chi connectivity index (χ4v) is 2.14. The molecule has 0 unspecified atom stereocenters. The molecule has 142 valence electrons. The number of carboxylic acid groups (broad SMARTS) is 1. The average Bonchev–Trinajstić information content (AvgIpc) is 2.64. The van der Waals surface area contributed by atoms with Crippen LogP contribution in [0.1, 0.15) is 23.6 Å². The van der Waals surface area contributed by atoms with Crippen LogP contribution >= 0.6 is 0 Å². The van der Waals surface area contributed by atoms with E-state index < -0.39 is 12.1 Å². The molecule has 1 amide bonds. The van der Waals surface area contributed by atoms with Crippen LogP contribution in [0.25, 0.3) is 0 Å². The standard InChI is InChI=1S/C20H23N3O4/c1-13-4-7-17(10-14(13)2)21-12-19(24)23-22-11-16-5-8-18(9-6-16)27-15(3)20(25)26/h4-11,15,21H,12H2,1-3H3,(H,23,24)(H,25,26)/b22-11-/t15-/m1/s1. The SMILES string of the molecule is Cc1ccc(NCC(=O)N/N=C\c2ccc(O[C@H](C)C(=O)O)cc2)cc1C. The minimum Gasteiger partial charge on any atom is -0.479 e. The summed E-state index contributed by atoms with van der Waals surface area (Å²) in [5, 5.41) is 15.8.